The van der Waals surface area contributed by atoms with E-state index in [1.807, 2.05) is 0 Å². The van der Waals surface area contributed by atoms with E-state index in [1.54, 1.807) is 0 Å². The highest BCUT2D eigenvalue weighted by Crippen LogP contribution is 2.53. The van der Waals surface area contributed by atoms with Gasteiger partial charge >= 0.3 is 0 Å². The molecule has 19 heavy (non-hydrogen) atoms. The molecule has 0 atom stereocenters. The van der Waals surface area contributed by atoms with Crippen molar-refractivity contribution in [1.82, 2.24) is 0 Å². The first kappa shape index (κ1) is 12.5. The van der Waals surface area contributed by atoms with E-state index in [4.69, 9.17) is 0 Å². The topological polar surface area (TPSA) is 0 Å². The minimum absolute atomic E-state index is 0.241. The van der Waals surface area contributed by atoms with Gasteiger partial charge in [-0.05, 0) is 47.2 Å². The van der Waals surface area contributed by atoms with Gasteiger partial charge in [0.05, 0.1) is 0 Å². The maximum Gasteiger partial charge on any atom is 0.0215 e. The van der Waals surface area contributed by atoms with Crippen LogP contribution < -0.4 is 0 Å². The second-order valence-corrected chi connectivity index (χ2v) is 5.60. The normalized spacial score (nSPS) is 15.1. The van der Waals surface area contributed by atoms with Gasteiger partial charge in [-0.15, -0.1) is 0 Å². The Morgan fingerprint density at radius 3 is 2.32 bits per heavy atom. The van der Waals surface area contributed by atoms with Crippen LogP contribution in [0.4, 0.5) is 0 Å². The summed E-state index contributed by atoms with van der Waals surface area (Å²) in [5, 5.41) is 0. The third-order valence-electron chi connectivity index (χ3n) is 4.47. The fourth-order valence-corrected chi connectivity index (χ4v) is 3.87. The molecule has 0 fully saturated rings. The third kappa shape index (κ3) is 1.74. The highest BCUT2D eigenvalue weighted by molar-refractivity contribution is 5.80. The van der Waals surface area contributed by atoms with Crippen LogP contribution in [-0.2, 0) is 5.41 Å². The molecule has 2 aromatic carbocycles. The van der Waals surface area contributed by atoms with E-state index in [1.165, 1.54) is 47.9 Å². The fraction of sp³-hybridized carbons (Fsp3) is 0.368. The molecule has 0 spiro atoms. The van der Waals surface area contributed by atoms with Gasteiger partial charge in [0.15, 0.2) is 0 Å². The number of hydrogen-bond acceptors (Lipinski definition) is 0. The molecular weight excluding hydrogens is 228 g/mol. The zero-order valence-electron chi connectivity index (χ0n) is 11.9. The Kier molecular flexibility index (Phi) is 3.18. The van der Waals surface area contributed by atoms with Crippen LogP contribution in [0.2, 0.25) is 0 Å². The van der Waals surface area contributed by atoms with Crippen molar-refractivity contribution in [3.05, 3.63) is 59.7 Å². The van der Waals surface area contributed by atoms with Gasteiger partial charge in [0.2, 0.25) is 0 Å². The van der Waals surface area contributed by atoms with E-state index in [0.717, 1.165) is 0 Å². The molecule has 3 rings (SSSR count). The quantitative estimate of drug-likeness (QED) is 0.685. The van der Waals surface area contributed by atoms with E-state index in [9.17, 15) is 0 Å². The molecule has 0 unspecified atom stereocenters. The predicted molar refractivity (Wildman–Crippen MR) is 81.3 cm³/mol. The maximum atomic E-state index is 3.26. The van der Waals surface area contributed by atoms with Gasteiger partial charge in [0, 0.05) is 5.41 Å². The molecule has 0 heterocycles. The molecule has 0 N–H and O–H groups in total. The second kappa shape index (κ2) is 4.85. The van der Waals surface area contributed by atoms with E-state index >= 15 is 0 Å². The summed E-state index contributed by atoms with van der Waals surface area (Å²) in [6.07, 6.45) is 4.95. The van der Waals surface area contributed by atoms with Crippen molar-refractivity contribution in [2.75, 3.05) is 0 Å². The number of hydrogen-bond donors (Lipinski definition) is 0. The first-order chi connectivity index (χ1) is 9.33. The molecule has 0 bridgehead atoms. The molecule has 0 heteroatoms. The SMILES string of the molecule is CCCC1(CCC)c2cc[c]cc2-c2ccccc21. The molecule has 0 saturated heterocycles. The Morgan fingerprint density at radius 1 is 0.895 bits per heavy atom. The van der Waals surface area contributed by atoms with Gasteiger partial charge in [-0.25, -0.2) is 0 Å². The van der Waals surface area contributed by atoms with Crippen molar-refractivity contribution in [3.63, 3.8) is 0 Å². The molecule has 1 aliphatic rings. The van der Waals surface area contributed by atoms with Crippen LogP contribution in [0.5, 0.6) is 0 Å². The van der Waals surface area contributed by atoms with Crippen molar-refractivity contribution in [1.29, 1.82) is 0 Å². The van der Waals surface area contributed by atoms with Crippen LogP contribution in [0.15, 0.2) is 42.5 Å². The smallest absolute Gasteiger partial charge is 0.0215 e. The predicted octanol–water partition coefficient (Wildman–Crippen LogP) is 5.35. The van der Waals surface area contributed by atoms with Crippen molar-refractivity contribution in [2.45, 2.75) is 44.9 Å². The van der Waals surface area contributed by atoms with Crippen LogP contribution in [0.25, 0.3) is 11.1 Å². The van der Waals surface area contributed by atoms with Gasteiger partial charge in [-0.2, -0.15) is 0 Å². The van der Waals surface area contributed by atoms with E-state index in [-0.39, 0.29) is 5.41 Å². The van der Waals surface area contributed by atoms with Crippen LogP contribution in [0, 0.1) is 6.07 Å². The van der Waals surface area contributed by atoms with Crippen molar-refractivity contribution >= 4 is 0 Å². The molecule has 1 radical (unpaired) electrons. The Bertz CT molecular complexity index is 527. The van der Waals surface area contributed by atoms with Gasteiger partial charge in [-0.1, -0.05) is 63.1 Å². The maximum absolute atomic E-state index is 3.26. The highest BCUT2D eigenvalue weighted by atomic mass is 14.4. The van der Waals surface area contributed by atoms with Crippen LogP contribution in [0.3, 0.4) is 0 Å². The highest BCUT2D eigenvalue weighted by Gasteiger charge is 2.41. The Hall–Kier alpha value is -1.56. The molecule has 0 aliphatic heterocycles. The second-order valence-electron chi connectivity index (χ2n) is 5.60. The van der Waals surface area contributed by atoms with Crippen molar-refractivity contribution in [3.8, 4) is 11.1 Å². The molecule has 0 nitrogen and oxygen atoms in total. The molecule has 0 saturated carbocycles. The van der Waals surface area contributed by atoms with Gasteiger partial charge < -0.3 is 0 Å². The summed E-state index contributed by atoms with van der Waals surface area (Å²) in [5.74, 6) is 0. The van der Waals surface area contributed by atoms with E-state index in [2.05, 4.69) is 62.4 Å². The standard InChI is InChI=1S/C19H21/c1-3-13-19(14-4-2)17-11-7-5-9-15(17)16-10-6-8-12-18(16)19/h5,7-12H,3-4,13-14H2,1-2H3. The average Bonchev–Trinajstić information content (AvgIpc) is 2.72. The summed E-state index contributed by atoms with van der Waals surface area (Å²) in [6, 6.07) is 18.7. The fourth-order valence-electron chi connectivity index (χ4n) is 3.87. The van der Waals surface area contributed by atoms with Gasteiger partial charge in [0.25, 0.3) is 0 Å². The molecule has 1 aliphatic carbocycles. The van der Waals surface area contributed by atoms with Gasteiger partial charge in [0.1, 0.15) is 0 Å². The summed E-state index contributed by atoms with van der Waals surface area (Å²) in [5.41, 5.74) is 6.13. The first-order valence-electron chi connectivity index (χ1n) is 7.44. The lowest BCUT2D eigenvalue weighted by Crippen LogP contribution is -2.24. The van der Waals surface area contributed by atoms with Crippen molar-refractivity contribution < 1.29 is 0 Å². The van der Waals surface area contributed by atoms with E-state index in [0.29, 0.717) is 0 Å². The molecule has 0 amide bonds. The lowest BCUT2D eigenvalue weighted by molar-refractivity contribution is 0.436. The largest absolute Gasteiger partial charge is 0.0653 e. The third-order valence-corrected chi connectivity index (χ3v) is 4.47. The summed E-state index contributed by atoms with van der Waals surface area (Å²) in [4.78, 5) is 0. The minimum atomic E-state index is 0.241. The van der Waals surface area contributed by atoms with Crippen molar-refractivity contribution in [2.24, 2.45) is 0 Å². The summed E-state index contributed by atoms with van der Waals surface area (Å²) in [7, 11) is 0. The van der Waals surface area contributed by atoms with Crippen LogP contribution >= 0.6 is 0 Å². The number of fused-ring (bicyclic) bond motifs is 3. The molecule has 97 valence electrons. The zero-order chi connectivity index (χ0) is 13.3. The Morgan fingerprint density at radius 2 is 1.58 bits per heavy atom. The summed E-state index contributed by atoms with van der Waals surface area (Å²) >= 11 is 0. The minimum Gasteiger partial charge on any atom is -0.0653 e. The Labute approximate surface area is 116 Å². The monoisotopic (exact) mass is 249 g/mol. The summed E-state index contributed by atoms with van der Waals surface area (Å²) < 4.78 is 0. The number of rotatable bonds is 4. The van der Waals surface area contributed by atoms with Gasteiger partial charge in [-0.3, -0.25) is 0 Å². The molecule has 0 aromatic heterocycles. The molecule has 2 aromatic rings. The lowest BCUT2D eigenvalue weighted by Gasteiger charge is -2.31. The zero-order valence-corrected chi connectivity index (χ0v) is 11.9. The van der Waals surface area contributed by atoms with Crippen LogP contribution in [-0.4, -0.2) is 0 Å². The van der Waals surface area contributed by atoms with E-state index < -0.39 is 0 Å². The number of benzene rings is 2. The average molecular weight is 249 g/mol. The molecular formula is C19H21. The Balaban J connectivity index is 2.28. The summed E-state index contributed by atoms with van der Waals surface area (Å²) in [6.45, 7) is 4.60. The lowest BCUT2D eigenvalue weighted by atomic mass is 9.71. The first-order valence-corrected chi connectivity index (χ1v) is 7.44. The van der Waals surface area contributed by atoms with Crippen LogP contribution in [0.1, 0.15) is 50.7 Å².